The summed E-state index contributed by atoms with van der Waals surface area (Å²) in [7, 11) is -3.09. The largest absolute Gasteiger partial charge is 0.452 e. The Bertz CT molecular complexity index is 855. The highest BCUT2D eigenvalue weighted by molar-refractivity contribution is 7.91. The first-order chi connectivity index (χ1) is 13.4. The first kappa shape index (κ1) is 20.6. The van der Waals surface area contributed by atoms with Gasteiger partial charge in [0.15, 0.2) is 16.4 Å². The number of benzene rings is 1. The number of aryl methyl sites for hydroxylation is 1. The molecule has 0 spiro atoms. The zero-order chi connectivity index (χ0) is 20.1. The van der Waals surface area contributed by atoms with Crippen molar-refractivity contribution in [2.24, 2.45) is 0 Å². The number of rotatable bonds is 6. The van der Waals surface area contributed by atoms with Gasteiger partial charge in [0.1, 0.15) is 0 Å². The minimum atomic E-state index is -3.09. The molecule has 1 saturated carbocycles. The number of amides is 1. The molecule has 0 radical (unpaired) electrons. The molecule has 1 amide bonds. The lowest BCUT2D eigenvalue weighted by Crippen LogP contribution is -2.48. The third-order valence-corrected chi connectivity index (χ3v) is 7.28. The Kier molecular flexibility index (Phi) is 6.54. The highest BCUT2D eigenvalue weighted by Crippen LogP contribution is 2.29. The number of carbonyl (C=O) groups excluding carboxylic acids is 2. The second kappa shape index (κ2) is 8.90. The standard InChI is InChI=1S/C21H27NO5S/c1-16-6-2-3-7-17(16)10-11-21(24)27-14-20(23)22(18-8-4-5-9-18)19-12-13-28(25,26)15-19/h2-3,6-7,10-11,18-19H,4-5,8-9,12-15H2,1H3/b11-10+/t19-/m1/s1. The minimum Gasteiger partial charge on any atom is -0.452 e. The van der Waals surface area contributed by atoms with Gasteiger partial charge in [-0.15, -0.1) is 0 Å². The molecule has 1 aromatic carbocycles. The molecule has 1 aliphatic carbocycles. The van der Waals surface area contributed by atoms with Gasteiger partial charge in [-0.2, -0.15) is 0 Å². The average Bonchev–Trinajstić information content (AvgIpc) is 3.29. The molecule has 2 aliphatic rings. The Labute approximate surface area is 166 Å². The summed E-state index contributed by atoms with van der Waals surface area (Å²) in [6, 6.07) is 7.39. The van der Waals surface area contributed by atoms with E-state index in [1.807, 2.05) is 31.2 Å². The van der Waals surface area contributed by atoms with Gasteiger partial charge in [-0.25, -0.2) is 13.2 Å². The molecule has 0 aromatic heterocycles. The number of sulfone groups is 1. The van der Waals surface area contributed by atoms with Crippen molar-refractivity contribution >= 4 is 27.8 Å². The quantitative estimate of drug-likeness (QED) is 0.537. The van der Waals surface area contributed by atoms with Crippen LogP contribution in [0.25, 0.3) is 6.08 Å². The van der Waals surface area contributed by atoms with E-state index >= 15 is 0 Å². The van der Waals surface area contributed by atoms with E-state index in [1.165, 1.54) is 6.08 Å². The molecule has 1 heterocycles. The normalized spacial score (nSPS) is 21.8. The Morgan fingerprint density at radius 2 is 1.86 bits per heavy atom. The minimum absolute atomic E-state index is 0.0103. The first-order valence-electron chi connectivity index (χ1n) is 9.78. The lowest BCUT2D eigenvalue weighted by atomic mass is 10.1. The van der Waals surface area contributed by atoms with Gasteiger partial charge in [0.2, 0.25) is 0 Å². The predicted molar refractivity (Wildman–Crippen MR) is 107 cm³/mol. The van der Waals surface area contributed by atoms with Gasteiger partial charge in [-0.3, -0.25) is 4.79 Å². The van der Waals surface area contributed by atoms with Gasteiger partial charge in [0.25, 0.3) is 5.91 Å². The SMILES string of the molecule is Cc1ccccc1/C=C/C(=O)OCC(=O)N(C1CCCC1)[C@@H]1CCS(=O)(=O)C1. The summed E-state index contributed by atoms with van der Waals surface area (Å²) in [5.74, 6) is -0.752. The van der Waals surface area contributed by atoms with E-state index in [4.69, 9.17) is 4.74 Å². The lowest BCUT2D eigenvalue weighted by Gasteiger charge is -2.33. The number of nitrogens with zero attached hydrogens (tertiary/aromatic N) is 1. The first-order valence-corrected chi connectivity index (χ1v) is 11.6. The Morgan fingerprint density at radius 1 is 1.14 bits per heavy atom. The van der Waals surface area contributed by atoms with Crippen molar-refractivity contribution in [1.82, 2.24) is 4.90 Å². The van der Waals surface area contributed by atoms with Crippen molar-refractivity contribution in [1.29, 1.82) is 0 Å². The van der Waals surface area contributed by atoms with E-state index in [2.05, 4.69) is 0 Å². The van der Waals surface area contributed by atoms with Crippen LogP contribution < -0.4 is 0 Å². The van der Waals surface area contributed by atoms with Crippen molar-refractivity contribution in [3.05, 3.63) is 41.5 Å². The summed E-state index contributed by atoms with van der Waals surface area (Å²) in [4.78, 5) is 26.5. The fourth-order valence-electron chi connectivity index (χ4n) is 4.07. The van der Waals surface area contributed by atoms with Crippen LogP contribution in [0.1, 0.15) is 43.2 Å². The van der Waals surface area contributed by atoms with Gasteiger partial charge in [-0.05, 0) is 43.4 Å². The van der Waals surface area contributed by atoms with Gasteiger partial charge < -0.3 is 9.64 Å². The summed E-state index contributed by atoms with van der Waals surface area (Å²) >= 11 is 0. The molecule has 1 saturated heterocycles. The van der Waals surface area contributed by atoms with Gasteiger partial charge in [-0.1, -0.05) is 37.1 Å². The number of hydrogen-bond donors (Lipinski definition) is 0. The third kappa shape index (κ3) is 5.22. The Hall–Kier alpha value is -2.15. The monoisotopic (exact) mass is 405 g/mol. The van der Waals surface area contributed by atoms with Crippen molar-refractivity contribution in [3.8, 4) is 0 Å². The maximum absolute atomic E-state index is 12.8. The Balaban J connectivity index is 1.60. The molecular weight excluding hydrogens is 378 g/mol. The molecule has 1 atom stereocenters. The average molecular weight is 406 g/mol. The van der Waals surface area contributed by atoms with Crippen LogP contribution >= 0.6 is 0 Å². The molecule has 0 N–H and O–H groups in total. The number of esters is 1. The number of hydrogen-bond acceptors (Lipinski definition) is 5. The Morgan fingerprint density at radius 3 is 2.50 bits per heavy atom. The summed E-state index contributed by atoms with van der Waals surface area (Å²) in [6.07, 6.45) is 7.27. The van der Waals surface area contributed by atoms with Crippen LogP contribution in [0.3, 0.4) is 0 Å². The van der Waals surface area contributed by atoms with E-state index < -0.39 is 15.8 Å². The van der Waals surface area contributed by atoms with Crippen LogP contribution in [0.5, 0.6) is 0 Å². The second-order valence-corrected chi connectivity index (χ2v) is 9.82. The molecule has 3 rings (SSSR count). The third-order valence-electron chi connectivity index (χ3n) is 5.53. The number of ether oxygens (including phenoxy) is 1. The van der Waals surface area contributed by atoms with Crippen LogP contribution in [-0.2, 0) is 24.2 Å². The predicted octanol–water partition coefficient (Wildman–Crippen LogP) is 2.51. The maximum Gasteiger partial charge on any atom is 0.331 e. The second-order valence-electron chi connectivity index (χ2n) is 7.59. The van der Waals surface area contributed by atoms with Gasteiger partial charge >= 0.3 is 5.97 Å². The lowest BCUT2D eigenvalue weighted by molar-refractivity contribution is -0.150. The highest BCUT2D eigenvalue weighted by Gasteiger charge is 2.39. The molecule has 7 heteroatoms. The molecule has 6 nitrogen and oxygen atoms in total. The van der Waals surface area contributed by atoms with Crippen molar-refractivity contribution in [2.45, 2.75) is 51.1 Å². The van der Waals surface area contributed by atoms with Gasteiger partial charge in [0.05, 0.1) is 11.5 Å². The summed E-state index contributed by atoms with van der Waals surface area (Å²) in [5.41, 5.74) is 1.95. The molecule has 1 aliphatic heterocycles. The van der Waals surface area contributed by atoms with Crippen LogP contribution in [0.2, 0.25) is 0 Å². The van der Waals surface area contributed by atoms with E-state index in [-0.39, 0.29) is 36.1 Å². The maximum atomic E-state index is 12.8. The van der Waals surface area contributed by atoms with E-state index in [0.717, 1.165) is 36.8 Å². The van der Waals surface area contributed by atoms with Crippen LogP contribution in [0, 0.1) is 6.92 Å². The molecule has 1 aromatic rings. The smallest absolute Gasteiger partial charge is 0.331 e. The molecule has 0 unspecified atom stereocenters. The molecular formula is C21H27NO5S. The topological polar surface area (TPSA) is 80.8 Å². The summed E-state index contributed by atoms with van der Waals surface area (Å²) in [5, 5.41) is 0. The fraction of sp³-hybridized carbons (Fsp3) is 0.524. The van der Waals surface area contributed by atoms with Crippen molar-refractivity contribution < 1.29 is 22.7 Å². The van der Waals surface area contributed by atoms with Crippen LogP contribution in [0.4, 0.5) is 0 Å². The zero-order valence-electron chi connectivity index (χ0n) is 16.2. The molecule has 2 fully saturated rings. The van der Waals surface area contributed by atoms with Gasteiger partial charge in [0, 0.05) is 18.2 Å². The number of carbonyl (C=O) groups is 2. The van der Waals surface area contributed by atoms with E-state index in [0.29, 0.717) is 6.42 Å². The summed E-state index contributed by atoms with van der Waals surface area (Å²) < 4.78 is 28.9. The van der Waals surface area contributed by atoms with E-state index in [1.54, 1.807) is 11.0 Å². The molecule has 152 valence electrons. The fourth-order valence-corrected chi connectivity index (χ4v) is 5.78. The zero-order valence-corrected chi connectivity index (χ0v) is 17.0. The summed E-state index contributed by atoms with van der Waals surface area (Å²) in [6.45, 7) is 1.59. The molecule has 28 heavy (non-hydrogen) atoms. The van der Waals surface area contributed by atoms with Crippen molar-refractivity contribution in [3.63, 3.8) is 0 Å². The molecule has 0 bridgehead atoms. The van der Waals surface area contributed by atoms with E-state index in [9.17, 15) is 18.0 Å². The van der Waals surface area contributed by atoms with Crippen LogP contribution in [-0.4, -0.2) is 55.4 Å². The highest BCUT2D eigenvalue weighted by atomic mass is 32.2. The van der Waals surface area contributed by atoms with Crippen molar-refractivity contribution in [2.75, 3.05) is 18.1 Å². The van der Waals surface area contributed by atoms with Crippen LogP contribution in [0.15, 0.2) is 30.3 Å².